The topological polar surface area (TPSA) is 71.1 Å². The second-order valence-electron chi connectivity index (χ2n) is 14.2. The van der Waals surface area contributed by atoms with Gasteiger partial charge in [-0.1, -0.05) is 12.8 Å². The lowest BCUT2D eigenvalue weighted by Crippen LogP contribution is -2.51. The zero-order chi connectivity index (χ0) is 31.2. The number of carbonyl (C=O) groups is 2. The molecule has 2 rings (SSSR count). The van der Waals surface area contributed by atoms with E-state index in [-0.39, 0.29) is 24.4 Å². The normalized spacial score (nSPS) is 24.0. The molecule has 0 bridgehead atoms. The second kappa shape index (κ2) is 18.8. The Kier molecular flexibility index (Phi) is 16.7. The lowest BCUT2D eigenvalue weighted by Gasteiger charge is -2.35. The zero-order valence-electron chi connectivity index (χ0n) is 28.5. The molecule has 0 aromatic carbocycles. The van der Waals surface area contributed by atoms with Crippen LogP contribution in [-0.4, -0.2) is 114 Å². The first-order chi connectivity index (χ1) is 19.9. The highest BCUT2D eigenvalue weighted by Crippen LogP contribution is 2.37. The monoisotopic (exact) mass is 598 g/mol. The lowest BCUT2D eigenvalue weighted by molar-refractivity contribution is -0.888. The number of hydrogen-bond donors (Lipinski definition) is 0. The molecule has 0 aliphatic heterocycles. The number of likely N-dealkylation sites (N-methyl/N-ethyl adjacent to an activating group) is 2. The molecule has 0 N–H and O–H groups in total. The first-order valence-electron chi connectivity index (χ1n) is 17.1. The van der Waals surface area contributed by atoms with Gasteiger partial charge < -0.3 is 27.9 Å². The first-order valence-corrected chi connectivity index (χ1v) is 17.1. The van der Waals surface area contributed by atoms with E-state index in [2.05, 4.69) is 28.2 Å². The molecule has 2 saturated carbocycles. The highest BCUT2D eigenvalue weighted by atomic mass is 16.7. The van der Waals surface area contributed by atoms with Crippen LogP contribution < -0.4 is 0 Å². The molecular weight excluding hydrogens is 532 g/mol. The fourth-order valence-corrected chi connectivity index (χ4v) is 7.11. The molecule has 0 unspecified atom stereocenters. The Bertz CT molecular complexity index is 696. The molecule has 8 nitrogen and oxygen atoms in total. The van der Waals surface area contributed by atoms with Crippen LogP contribution in [0.3, 0.4) is 0 Å². The zero-order valence-corrected chi connectivity index (χ0v) is 28.5. The van der Waals surface area contributed by atoms with Gasteiger partial charge in [0.25, 0.3) is 0 Å². The van der Waals surface area contributed by atoms with Crippen molar-refractivity contribution in [3.05, 3.63) is 0 Å². The van der Waals surface area contributed by atoms with E-state index in [9.17, 15) is 9.59 Å². The van der Waals surface area contributed by atoms with Gasteiger partial charge in [0.2, 0.25) is 12.6 Å². The van der Waals surface area contributed by atoms with E-state index in [1.54, 1.807) is 0 Å². The van der Waals surface area contributed by atoms with Crippen molar-refractivity contribution in [2.75, 3.05) is 80.8 Å². The van der Waals surface area contributed by atoms with Crippen molar-refractivity contribution in [2.24, 2.45) is 23.7 Å². The molecule has 42 heavy (non-hydrogen) atoms. The summed E-state index contributed by atoms with van der Waals surface area (Å²) in [6, 6.07) is 0. The average molecular weight is 599 g/mol. The number of rotatable bonds is 21. The second-order valence-corrected chi connectivity index (χ2v) is 14.2. The minimum atomic E-state index is -0.253. The van der Waals surface area contributed by atoms with Gasteiger partial charge in [0, 0.05) is 38.3 Å². The molecular formula is C34H66N2O6+2. The highest BCUT2D eigenvalue weighted by Gasteiger charge is 2.34. The molecule has 2 aliphatic carbocycles. The predicted molar refractivity (Wildman–Crippen MR) is 168 cm³/mol. The van der Waals surface area contributed by atoms with Crippen molar-refractivity contribution in [1.82, 2.24) is 0 Å². The molecule has 0 saturated heterocycles. The smallest absolute Gasteiger partial charge is 0.207 e. The number of carbonyl (C=O) groups excluding carboxylic acids is 2. The SMILES string of the molecule is CCOC(C[N+](C)(C)CC(=O)C1CCC(CCC2CCC(C(=O)C[N+](C)(C)CC(OCC)OCC)CC2)CC1)OCC. The Labute approximate surface area is 257 Å². The molecule has 0 radical (unpaired) electrons. The van der Waals surface area contributed by atoms with Gasteiger partial charge in [0.05, 0.1) is 28.2 Å². The molecule has 0 heterocycles. The van der Waals surface area contributed by atoms with Crippen LogP contribution in [0.2, 0.25) is 0 Å². The van der Waals surface area contributed by atoms with E-state index >= 15 is 0 Å². The van der Waals surface area contributed by atoms with E-state index in [4.69, 9.17) is 18.9 Å². The van der Waals surface area contributed by atoms with E-state index in [0.29, 0.717) is 73.1 Å². The summed E-state index contributed by atoms with van der Waals surface area (Å²) < 4.78 is 24.1. The summed E-state index contributed by atoms with van der Waals surface area (Å²) in [7, 11) is 8.43. The molecule has 0 atom stereocenters. The standard InChI is InChI=1S/C34H66N2O6/c1-9-39-33(40-10-2)25-35(5,6)23-31(37)29-19-15-27(16-20-29)13-14-28-17-21-30(22-18-28)32(38)24-36(7,8)26-34(41-11-3)42-12-4/h27-30,33-34H,9-26H2,1-8H3/q+2. The first kappa shape index (κ1) is 37.3. The Morgan fingerprint density at radius 2 is 0.833 bits per heavy atom. The van der Waals surface area contributed by atoms with Gasteiger partial charge in [-0.05, 0) is 90.9 Å². The molecule has 0 amide bonds. The van der Waals surface area contributed by atoms with Crippen LogP contribution in [0, 0.1) is 23.7 Å². The van der Waals surface area contributed by atoms with Gasteiger partial charge >= 0.3 is 0 Å². The van der Waals surface area contributed by atoms with Crippen molar-refractivity contribution < 1.29 is 37.5 Å². The molecule has 0 aromatic rings. The fourth-order valence-electron chi connectivity index (χ4n) is 7.11. The summed E-state index contributed by atoms with van der Waals surface area (Å²) >= 11 is 0. The third-order valence-electron chi connectivity index (χ3n) is 9.45. The summed E-state index contributed by atoms with van der Waals surface area (Å²) in [6.45, 7) is 12.9. The van der Waals surface area contributed by atoms with Crippen molar-refractivity contribution in [3.63, 3.8) is 0 Å². The van der Waals surface area contributed by atoms with Crippen LogP contribution >= 0.6 is 0 Å². The number of ketones is 2. The summed E-state index contributed by atoms with van der Waals surface area (Å²) in [4.78, 5) is 26.3. The van der Waals surface area contributed by atoms with Crippen molar-refractivity contribution >= 4 is 11.6 Å². The minimum absolute atomic E-state index is 0.206. The summed E-state index contributed by atoms with van der Waals surface area (Å²) in [6.07, 6.45) is 10.9. The van der Waals surface area contributed by atoms with E-state index in [1.165, 1.54) is 38.5 Å². The van der Waals surface area contributed by atoms with Crippen molar-refractivity contribution in [1.29, 1.82) is 0 Å². The van der Waals surface area contributed by atoms with Gasteiger partial charge in [-0.15, -0.1) is 0 Å². The van der Waals surface area contributed by atoms with E-state index in [0.717, 1.165) is 37.5 Å². The molecule has 8 heteroatoms. The number of hydrogen-bond acceptors (Lipinski definition) is 6. The lowest BCUT2D eigenvalue weighted by atomic mass is 9.74. The third kappa shape index (κ3) is 13.8. The van der Waals surface area contributed by atoms with E-state index in [1.807, 2.05) is 27.7 Å². The van der Waals surface area contributed by atoms with Gasteiger partial charge in [0.1, 0.15) is 26.2 Å². The van der Waals surface area contributed by atoms with Crippen LogP contribution in [0.25, 0.3) is 0 Å². The third-order valence-corrected chi connectivity index (χ3v) is 9.45. The maximum atomic E-state index is 13.2. The summed E-state index contributed by atoms with van der Waals surface area (Å²) in [5.41, 5.74) is 0. The largest absolute Gasteiger partial charge is 0.348 e. The van der Waals surface area contributed by atoms with Crippen molar-refractivity contribution in [3.8, 4) is 0 Å². The number of nitrogens with zero attached hydrogens (tertiary/aromatic N) is 2. The van der Waals surface area contributed by atoms with Crippen LogP contribution in [-0.2, 0) is 28.5 Å². The Morgan fingerprint density at radius 3 is 1.10 bits per heavy atom. The number of ether oxygens (including phenoxy) is 4. The van der Waals surface area contributed by atoms with Crippen LogP contribution in [0.15, 0.2) is 0 Å². The number of quaternary nitrogens is 2. The van der Waals surface area contributed by atoms with Gasteiger partial charge in [0.15, 0.2) is 11.6 Å². The molecule has 2 aliphatic rings. The van der Waals surface area contributed by atoms with Crippen LogP contribution in [0.1, 0.15) is 91.9 Å². The summed E-state index contributed by atoms with van der Waals surface area (Å²) in [5, 5.41) is 0. The summed E-state index contributed by atoms with van der Waals surface area (Å²) in [5.74, 6) is 2.72. The van der Waals surface area contributed by atoms with Crippen LogP contribution in [0.5, 0.6) is 0 Å². The highest BCUT2D eigenvalue weighted by molar-refractivity contribution is 5.82. The van der Waals surface area contributed by atoms with Gasteiger partial charge in [-0.2, -0.15) is 0 Å². The molecule has 246 valence electrons. The van der Waals surface area contributed by atoms with Crippen LogP contribution in [0.4, 0.5) is 0 Å². The molecule has 2 fully saturated rings. The fraction of sp³-hybridized carbons (Fsp3) is 0.941. The van der Waals surface area contributed by atoms with E-state index < -0.39 is 0 Å². The predicted octanol–water partition coefficient (Wildman–Crippen LogP) is 5.47. The van der Waals surface area contributed by atoms with Gasteiger partial charge in [-0.25, -0.2) is 0 Å². The number of Topliss-reactive ketones (excluding diaryl/α,β-unsaturated/α-hetero) is 2. The maximum Gasteiger partial charge on any atom is 0.207 e. The minimum Gasteiger partial charge on any atom is -0.348 e. The maximum absolute atomic E-state index is 13.2. The quantitative estimate of drug-likeness (QED) is 0.129. The Hall–Kier alpha value is -0.900. The Morgan fingerprint density at radius 1 is 0.548 bits per heavy atom. The average Bonchev–Trinajstić information content (AvgIpc) is 2.92. The van der Waals surface area contributed by atoms with Gasteiger partial charge in [-0.3, -0.25) is 9.59 Å². The van der Waals surface area contributed by atoms with Crippen molar-refractivity contribution in [2.45, 2.75) is 104 Å². The Balaban J connectivity index is 1.68. The molecule has 0 spiro atoms. The molecule has 0 aromatic heterocycles.